The van der Waals surface area contributed by atoms with Crippen molar-refractivity contribution < 1.29 is 4.74 Å². The highest BCUT2D eigenvalue weighted by Crippen LogP contribution is 2.34. The molecule has 124 valence electrons. The second kappa shape index (κ2) is 6.26. The third kappa shape index (κ3) is 3.50. The summed E-state index contributed by atoms with van der Waals surface area (Å²) in [6.45, 7) is 10.5. The van der Waals surface area contributed by atoms with Gasteiger partial charge in [0.2, 0.25) is 0 Å². The van der Waals surface area contributed by atoms with Crippen LogP contribution in [0.5, 0.6) is 0 Å². The van der Waals surface area contributed by atoms with Crippen LogP contribution in [0.2, 0.25) is 0 Å². The largest absolute Gasteiger partial charge is 0.376 e. The second-order valence-electron chi connectivity index (χ2n) is 7.52. The van der Waals surface area contributed by atoms with Crippen molar-refractivity contribution in [2.75, 3.05) is 6.61 Å². The zero-order valence-electron chi connectivity index (χ0n) is 14.2. The van der Waals surface area contributed by atoms with Gasteiger partial charge in [-0.25, -0.2) is 0 Å². The lowest BCUT2D eigenvalue weighted by Crippen LogP contribution is -2.33. The smallest absolute Gasteiger partial charge is 0.0859 e. The Morgan fingerprint density at radius 2 is 2.05 bits per heavy atom. The van der Waals surface area contributed by atoms with Crippen molar-refractivity contribution in [3.05, 3.63) is 11.9 Å². The summed E-state index contributed by atoms with van der Waals surface area (Å²) in [5, 5.41) is 8.75. The lowest BCUT2D eigenvalue weighted by atomic mass is 9.86. The van der Waals surface area contributed by atoms with Gasteiger partial charge in [-0.05, 0) is 52.9 Å². The third-order valence-corrected chi connectivity index (χ3v) is 5.19. The molecule has 0 radical (unpaired) electrons. The number of hydrogen-bond donors (Lipinski definition) is 2. The van der Waals surface area contributed by atoms with E-state index in [1.807, 2.05) is 4.68 Å². The highest BCUT2D eigenvalue weighted by molar-refractivity contribution is 5.05. The molecular weight excluding hydrogens is 278 g/mol. The normalized spacial score (nSPS) is 34.9. The van der Waals surface area contributed by atoms with Crippen molar-refractivity contribution >= 4 is 0 Å². The maximum atomic E-state index is 5.79. The van der Waals surface area contributed by atoms with Gasteiger partial charge in [0.15, 0.2) is 0 Å². The van der Waals surface area contributed by atoms with Gasteiger partial charge in [-0.3, -0.25) is 15.5 Å². The molecule has 22 heavy (non-hydrogen) atoms. The predicted octanol–water partition coefficient (Wildman–Crippen LogP) is 1.84. The second-order valence-corrected chi connectivity index (χ2v) is 7.52. The molecule has 2 N–H and O–H groups in total. The molecule has 0 amide bonds. The van der Waals surface area contributed by atoms with Crippen LogP contribution in [-0.4, -0.2) is 39.3 Å². The SMILES string of the molecule is CC1NNC(C)C1CCn1cc(C2CCOC(C)(C)C2)nn1. The summed E-state index contributed by atoms with van der Waals surface area (Å²) in [5.74, 6) is 1.11. The fourth-order valence-corrected chi connectivity index (χ4v) is 3.79. The first kappa shape index (κ1) is 15.9. The Morgan fingerprint density at radius 1 is 1.32 bits per heavy atom. The molecule has 0 aliphatic carbocycles. The van der Waals surface area contributed by atoms with E-state index in [-0.39, 0.29) is 5.60 Å². The van der Waals surface area contributed by atoms with Crippen molar-refractivity contribution in [1.29, 1.82) is 0 Å². The van der Waals surface area contributed by atoms with Crippen molar-refractivity contribution in [2.45, 2.75) is 77.1 Å². The summed E-state index contributed by atoms with van der Waals surface area (Å²) in [4.78, 5) is 0. The van der Waals surface area contributed by atoms with Gasteiger partial charge in [0, 0.05) is 37.4 Å². The van der Waals surface area contributed by atoms with E-state index in [0.717, 1.165) is 38.1 Å². The quantitative estimate of drug-likeness (QED) is 0.889. The Labute approximate surface area is 133 Å². The number of nitrogens with zero attached hydrogens (tertiary/aromatic N) is 3. The van der Waals surface area contributed by atoms with E-state index in [1.165, 1.54) is 0 Å². The number of hydrazine groups is 1. The minimum atomic E-state index is -0.0429. The van der Waals surface area contributed by atoms with Crippen molar-refractivity contribution in [3.63, 3.8) is 0 Å². The van der Waals surface area contributed by atoms with E-state index in [1.54, 1.807) is 0 Å². The average molecular weight is 307 g/mol. The molecule has 2 fully saturated rings. The van der Waals surface area contributed by atoms with Crippen LogP contribution in [0.15, 0.2) is 6.20 Å². The van der Waals surface area contributed by atoms with Gasteiger partial charge in [0.05, 0.1) is 11.3 Å². The fraction of sp³-hybridized carbons (Fsp3) is 0.875. The van der Waals surface area contributed by atoms with Crippen LogP contribution in [0.25, 0.3) is 0 Å². The first-order chi connectivity index (χ1) is 10.4. The maximum Gasteiger partial charge on any atom is 0.0859 e. The number of rotatable bonds is 4. The van der Waals surface area contributed by atoms with E-state index in [0.29, 0.717) is 23.9 Å². The lowest BCUT2D eigenvalue weighted by Gasteiger charge is -2.34. The molecular formula is C16H29N5O. The predicted molar refractivity (Wildman–Crippen MR) is 85.3 cm³/mol. The molecule has 0 bridgehead atoms. The monoisotopic (exact) mass is 307 g/mol. The van der Waals surface area contributed by atoms with Crippen LogP contribution in [-0.2, 0) is 11.3 Å². The first-order valence-corrected chi connectivity index (χ1v) is 8.50. The van der Waals surface area contributed by atoms with Gasteiger partial charge < -0.3 is 4.74 Å². The molecule has 2 aliphatic heterocycles. The lowest BCUT2D eigenvalue weighted by molar-refractivity contribution is -0.0597. The number of hydrogen-bond acceptors (Lipinski definition) is 5. The van der Waals surface area contributed by atoms with Gasteiger partial charge in [-0.15, -0.1) is 5.10 Å². The summed E-state index contributed by atoms with van der Waals surface area (Å²) in [7, 11) is 0. The van der Waals surface area contributed by atoms with Crippen LogP contribution < -0.4 is 10.9 Å². The number of aromatic nitrogens is 3. The molecule has 0 aromatic carbocycles. The summed E-state index contributed by atoms with van der Waals surface area (Å²) < 4.78 is 7.80. The van der Waals surface area contributed by atoms with E-state index >= 15 is 0 Å². The minimum absolute atomic E-state index is 0.0429. The van der Waals surface area contributed by atoms with Gasteiger partial charge >= 0.3 is 0 Å². The molecule has 3 atom stereocenters. The number of nitrogens with one attached hydrogen (secondary N) is 2. The Hall–Kier alpha value is -0.980. The fourth-order valence-electron chi connectivity index (χ4n) is 3.79. The molecule has 2 saturated heterocycles. The minimum Gasteiger partial charge on any atom is -0.376 e. The molecule has 3 rings (SSSR count). The summed E-state index contributed by atoms with van der Waals surface area (Å²) in [6, 6.07) is 1.02. The van der Waals surface area contributed by atoms with E-state index < -0.39 is 0 Å². The van der Waals surface area contributed by atoms with Gasteiger partial charge in [-0.2, -0.15) is 0 Å². The molecule has 6 heteroatoms. The van der Waals surface area contributed by atoms with Crippen molar-refractivity contribution in [2.24, 2.45) is 5.92 Å². The summed E-state index contributed by atoms with van der Waals surface area (Å²) in [5.41, 5.74) is 7.71. The Morgan fingerprint density at radius 3 is 2.73 bits per heavy atom. The molecule has 1 aromatic heterocycles. The van der Waals surface area contributed by atoms with Crippen molar-refractivity contribution in [3.8, 4) is 0 Å². The molecule has 3 heterocycles. The molecule has 3 unspecified atom stereocenters. The van der Waals surface area contributed by atoms with E-state index in [9.17, 15) is 0 Å². The molecule has 2 aliphatic rings. The highest BCUT2D eigenvalue weighted by atomic mass is 16.5. The van der Waals surface area contributed by atoms with Crippen LogP contribution in [0.3, 0.4) is 0 Å². The standard InChI is InChI=1S/C16H29N5O/c1-11-14(12(2)18-17-11)5-7-21-10-15(19-20-21)13-6-8-22-16(3,4)9-13/h10-14,17-18H,5-9H2,1-4H3. The van der Waals surface area contributed by atoms with Crippen LogP contribution in [0.1, 0.15) is 58.6 Å². The zero-order valence-corrected chi connectivity index (χ0v) is 14.2. The Kier molecular flexibility index (Phi) is 4.52. The van der Waals surface area contributed by atoms with E-state index in [4.69, 9.17) is 4.74 Å². The number of aryl methyl sites for hydroxylation is 1. The van der Waals surface area contributed by atoms with Crippen molar-refractivity contribution in [1.82, 2.24) is 25.8 Å². The van der Waals surface area contributed by atoms with Gasteiger partial charge in [0.25, 0.3) is 0 Å². The Bertz CT molecular complexity index is 490. The zero-order chi connectivity index (χ0) is 15.7. The van der Waals surface area contributed by atoms with Gasteiger partial charge in [-0.1, -0.05) is 5.21 Å². The first-order valence-electron chi connectivity index (χ1n) is 8.50. The molecule has 0 spiro atoms. The maximum absolute atomic E-state index is 5.79. The molecule has 6 nitrogen and oxygen atoms in total. The third-order valence-electron chi connectivity index (χ3n) is 5.19. The van der Waals surface area contributed by atoms with Crippen LogP contribution >= 0.6 is 0 Å². The summed E-state index contributed by atoms with van der Waals surface area (Å²) in [6.07, 6.45) is 5.32. The van der Waals surface area contributed by atoms with Gasteiger partial charge in [0.1, 0.15) is 0 Å². The topological polar surface area (TPSA) is 64.0 Å². The molecule has 0 saturated carbocycles. The Balaban J connectivity index is 1.57. The molecule has 1 aromatic rings. The highest BCUT2D eigenvalue weighted by Gasteiger charge is 2.32. The van der Waals surface area contributed by atoms with E-state index in [2.05, 4.69) is 55.1 Å². The average Bonchev–Trinajstić information content (AvgIpc) is 3.04. The van der Waals surface area contributed by atoms with Crippen LogP contribution in [0.4, 0.5) is 0 Å². The summed E-state index contributed by atoms with van der Waals surface area (Å²) >= 11 is 0. The van der Waals surface area contributed by atoms with Crippen LogP contribution in [0, 0.1) is 5.92 Å². The number of ether oxygens (including phenoxy) is 1.